The Labute approximate surface area is 92.4 Å². The van der Waals surface area contributed by atoms with Crippen molar-refractivity contribution in [1.29, 1.82) is 0 Å². The zero-order valence-corrected chi connectivity index (χ0v) is 8.92. The van der Waals surface area contributed by atoms with Crippen LogP contribution >= 0.6 is 0 Å². The average molecular weight is 233 g/mol. The number of hydrogen-bond acceptors (Lipinski definition) is 2. The second-order valence-corrected chi connectivity index (χ2v) is 3.29. The Morgan fingerprint density at radius 2 is 2.00 bits per heavy atom. The van der Waals surface area contributed by atoms with Crippen molar-refractivity contribution in [2.45, 2.75) is 12.5 Å². The highest BCUT2D eigenvalue weighted by Crippen LogP contribution is 2.20. The molecule has 1 atom stereocenters. The third kappa shape index (κ3) is 3.83. The van der Waals surface area contributed by atoms with Crippen LogP contribution in [0.5, 0.6) is 0 Å². The number of nitrogens with one attached hydrogen (secondary N) is 1. The van der Waals surface area contributed by atoms with Gasteiger partial charge in [-0.1, -0.05) is 18.2 Å². The highest BCUT2D eigenvalue weighted by Gasteiger charge is 2.17. The first-order valence-corrected chi connectivity index (χ1v) is 4.94. The Balaban J connectivity index is 2.73. The maximum absolute atomic E-state index is 13.4. The summed E-state index contributed by atoms with van der Waals surface area (Å²) in [5, 5.41) is 2.78. The molecule has 0 saturated carbocycles. The molecule has 5 heteroatoms. The third-order valence-corrected chi connectivity index (χ3v) is 2.07. The fourth-order valence-corrected chi connectivity index (χ4v) is 1.37. The van der Waals surface area contributed by atoms with E-state index in [-0.39, 0.29) is 12.1 Å². The van der Waals surface area contributed by atoms with Crippen molar-refractivity contribution in [3.05, 3.63) is 35.6 Å². The van der Waals surface area contributed by atoms with Crippen molar-refractivity contribution >= 4 is 0 Å². The highest BCUT2D eigenvalue weighted by molar-refractivity contribution is 5.20. The smallest absolute Gasteiger partial charge is 0.261 e. The molecule has 0 radical (unpaired) electrons. The summed E-state index contributed by atoms with van der Waals surface area (Å²) in [6.07, 6.45) is -3.24. The lowest BCUT2D eigenvalue weighted by Crippen LogP contribution is -2.22. The van der Waals surface area contributed by atoms with Crippen LogP contribution in [0, 0.1) is 5.82 Å². The van der Waals surface area contributed by atoms with Crippen LogP contribution in [-0.2, 0) is 4.74 Å². The lowest BCUT2D eigenvalue weighted by Gasteiger charge is -2.18. The van der Waals surface area contributed by atoms with Gasteiger partial charge in [-0.25, -0.2) is 13.2 Å². The molecule has 1 N–H and O–H groups in total. The first kappa shape index (κ1) is 13.0. The summed E-state index contributed by atoms with van der Waals surface area (Å²) in [6, 6.07) is 6.00. The number of benzene rings is 1. The van der Waals surface area contributed by atoms with Gasteiger partial charge in [-0.3, -0.25) is 0 Å². The van der Waals surface area contributed by atoms with Crippen molar-refractivity contribution in [3.63, 3.8) is 0 Å². The summed E-state index contributed by atoms with van der Waals surface area (Å²) >= 11 is 0. The fraction of sp³-hybridized carbons (Fsp3) is 0.455. The molecular weight excluding hydrogens is 219 g/mol. The zero-order valence-electron chi connectivity index (χ0n) is 8.92. The molecule has 0 spiro atoms. The quantitative estimate of drug-likeness (QED) is 0.814. The van der Waals surface area contributed by atoms with Gasteiger partial charge in [0.25, 0.3) is 6.43 Å². The number of alkyl halides is 2. The Hall–Kier alpha value is -1.07. The maximum atomic E-state index is 13.4. The number of rotatable bonds is 6. The van der Waals surface area contributed by atoms with E-state index in [0.717, 1.165) is 0 Å². The van der Waals surface area contributed by atoms with Gasteiger partial charge in [0.2, 0.25) is 0 Å². The van der Waals surface area contributed by atoms with Crippen molar-refractivity contribution in [2.75, 3.05) is 20.2 Å². The Bertz CT molecular complexity index is 320. The molecule has 16 heavy (non-hydrogen) atoms. The van der Waals surface area contributed by atoms with Gasteiger partial charge in [-0.05, 0) is 13.1 Å². The molecule has 1 rings (SSSR count). The summed E-state index contributed by atoms with van der Waals surface area (Å²) in [5.41, 5.74) is 0.289. The first-order valence-electron chi connectivity index (χ1n) is 4.94. The molecule has 1 unspecified atom stereocenters. The largest absolute Gasteiger partial charge is 0.366 e. The molecule has 0 aliphatic carbocycles. The minimum Gasteiger partial charge on any atom is -0.366 e. The summed E-state index contributed by atoms with van der Waals surface area (Å²) < 4.78 is 42.4. The standard InChI is InChI=1S/C11H14F3NO/c1-15-6-10(16-7-11(13)14)8-4-2-3-5-9(8)12/h2-5,10-11,15H,6-7H2,1H3. The van der Waals surface area contributed by atoms with Crippen LogP contribution in [0.3, 0.4) is 0 Å². The van der Waals surface area contributed by atoms with E-state index in [4.69, 9.17) is 4.74 Å². The van der Waals surface area contributed by atoms with E-state index in [1.165, 1.54) is 12.1 Å². The van der Waals surface area contributed by atoms with Crippen molar-refractivity contribution in [2.24, 2.45) is 0 Å². The molecule has 0 aliphatic rings. The monoisotopic (exact) mass is 233 g/mol. The van der Waals surface area contributed by atoms with Gasteiger partial charge >= 0.3 is 0 Å². The van der Waals surface area contributed by atoms with Crippen molar-refractivity contribution < 1.29 is 17.9 Å². The van der Waals surface area contributed by atoms with Gasteiger partial charge in [0.15, 0.2) is 0 Å². The van der Waals surface area contributed by atoms with E-state index in [0.29, 0.717) is 0 Å². The zero-order chi connectivity index (χ0) is 12.0. The lowest BCUT2D eigenvalue weighted by molar-refractivity contribution is -0.0252. The molecular formula is C11H14F3NO. The van der Waals surface area contributed by atoms with Crippen LogP contribution in [0.1, 0.15) is 11.7 Å². The second kappa shape index (κ2) is 6.50. The molecule has 0 aromatic heterocycles. The van der Waals surface area contributed by atoms with E-state index in [9.17, 15) is 13.2 Å². The molecule has 90 valence electrons. The topological polar surface area (TPSA) is 21.3 Å². The van der Waals surface area contributed by atoms with Crippen molar-refractivity contribution in [1.82, 2.24) is 5.32 Å². The van der Waals surface area contributed by atoms with E-state index in [2.05, 4.69) is 5.32 Å². The summed E-state index contributed by atoms with van der Waals surface area (Å²) in [6.45, 7) is -0.408. The predicted octanol–water partition coefficient (Wildman–Crippen LogP) is 2.37. The Kier molecular flexibility index (Phi) is 5.28. The summed E-state index contributed by atoms with van der Waals surface area (Å²) in [5.74, 6) is -0.447. The second-order valence-electron chi connectivity index (χ2n) is 3.29. The van der Waals surface area contributed by atoms with Gasteiger partial charge in [-0.15, -0.1) is 0 Å². The molecule has 0 aliphatic heterocycles. The van der Waals surface area contributed by atoms with Gasteiger partial charge in [0, 0.05) is 12.1 Å². The van der Waals surface area contributed by atoms with Crippen LogP contribution in [0.2, 0.25) is 0 Å². The highest BCUT2D eigenvalue weighted by atomic mass is 19.3. The van der Waals surface area contributed by atoms with E-state index in [1.807, 2.05) is 0 Å². The number of hydrogen-bond donors (Lipinski definition) is 1. The lowest BCUT2D eigenvalue weighted by atomic mass is 10.1. The molecule has 2 nitrogen and oxygen atoms in total. The number of ether oxygens (including phenoxy) is 1. The molecule has 0 fully saturated rings. The summed E-state index contributed by atoms with van der Waals surface area (Å²) in [4.78, 5) is 0. The van der Waals surface area contributed by atoms with Gasteiger partial charge in [0.1, 0.15) is 12.4 Å². The maximum Gasteiger partial charge on any atom is 0.261 e. The molecule has 0 amide bonds. The van der Waals surface area contributed by atoms with Gasteiger partial charge in [0.05, 0.1) is 6.10 Å². The predicted molar refractivity (Wildman–Crippen MR) is 55.0 cm³/mol. The normalized spacial score (nSPS) is 13.1. The van der Waals surface area contributed by atoms with Crippen molar-refractivity contribution in [3.8, 4) is 0 Å². The van der Waals surface area contributed by atoms with Gasteiger partial charge < -0.3 is 10.1 Å². The number of likely N-dealkylation sites (N-methyl/N-ethyl adjacent to an activating group) is 1. The molecule has 1 aromatic carbocycles. The molecule has 0 heterocycles. The minimum absolute atomic E-state index is 0.285. The molecule has 0 bridgehead atoms. The number of halogens is 3. The summed E-state index contributed by atoms with van der Waals surface area (Å²) in [7, 11) is 1.65. The Morgan fingerprint density at radius 3 is 2.56 bits per heavy atom. The fourth-order valence-electron chi connectivity index (χ4n) is 1.37. The third-order valence-electron chi connectivity index (χ3n) is 2.07. The average Bonchev–Trinajstić information content (AvgIpc) is 2.25. The first-order chi connectivity index (χ1) is 7.65. The Morgan fingerprint density at radius 1 is 1.31 bits per heavy atom. The van der Waals surface area contributed by atoms with Crippen LogP contribution < -0.4 is 5.32 Å². The van der Waals surface area contributed by atoms with Crippen LogP contribution in [0.4, 0.5) is 13.2 Å². The van der Waals surface area contributed by atoms with E-state index < -0.39 is 25.0 Å². The molecule has 0 saturated heterocycles. The molecule has 1 aromatic rings. The van der Waals surface area contributed by atoms with Crippen LogP contribution in [-0.4, -0.2) is 26.6 Å². The minimum atomic E-state index is -2.55. The van der Waals surface area contributed by atoms with Gasteiger partial charge in [-0.2, -0.15) is 0 Å². The van der Waals surface area contributed by atoms with Crippen LogP contribution in [0.15, 0.2) is 24.3 Å². The van der Waals surface area contributed by atoms with E-state index >= 15 is 0 Å². The van der Waals surface area contributed by atoms with Crippen LogP contribution in [0.25, 0.3) is 0 Å². The van der Waals surface area contributed by atoms with E-state index in [1.54, 1.807) is 19.2 Å². The SMILES string of the molecule is CNCC(OCC(F)F)c1ccccc1F.